The minimum atomic E-state index is -3.76. The molecular weight excluding hydrogens is 420 g/mol. The number of nitrogens with one attached hydrogen (secondary N) is 1. The quantitative estimate of drug-likeness (QED) is 0.656. The van der Waals surface area contributed by atoms with E-state index in [1.807, 2.05) is 13.0 Å². The number of H-pyrrole nitrogens is 1. The number of nitrogens with zero attached hydrogens (tertiary/aromatic N) is 3. The van der Waals surface area contributed by atoms with Crippen molar-refractivity contribution in [3.8, 4) is 10.4 Å². The van der Waals surface area contributed by atoms with Gasteiger partial charge in [0, 0.05) is 34.9 Å². The minimum Gasteiger partial charge on any atom is -0.326 e. The van der Waals surface area contributed by atoms with Gasteiger partial charge in [0.25, 0.3) is 15.6 Å². The van der Waals surface area contributed by atoms with E-state index in [0.29, 0.717) is 23.4 Å². The molecule has 0 spiro atoms. The van der Waals surface area contributed by atoms with Crippen LogP contribution in [0.1, 0.15) is 23.9 Å². The van der Waals surface area contributed by atoms with Crippen molar-refractivity contribution in [3.63, 3.8) is 0 Å². The second-order valence-electron chi connectivity index (χ2n) is 6.13. The SMILES string of the molecule is CCc1cc(-c2ccc(S(=O)(=O)N(C)c3cncc(C)n3)s2)c(C)[nH]c1=O.Cl. The summed E-state index contributed by atoms with van der Waals surface area (Å²) in [7, 11) is -2.30. The molecule has 0 aliphatic carbocycles. The second-order valence-corrected chi connectivity index (χ2v) is 9.41. The van der Waals surface area contributed by atoms with Crippen LogP contribution in [0.3, 0.4) is 0 Å². The molecule has 7 nitrogen and oxygen atoms in total. The van der Waals surface area contributed by atoms with Gasteiger partial charge in [-0.1, -0.05) is 6.92 Å². The first-order valence-corrected chi connectivity index (χ1v) is 10.6. The van der Waals surface area contributed by atoms with E-state index in [0.717, 1.165) is 26.1 Å². The van der Waals surface area contributed by atoms with E-state index in [-0.39, 0.29) is 28.0 Å². The number of aryl methyl sites for hydroxylation is 3. The van der Waals surface area contributed by atoms with E-state index in [2.05, 4.69) is 15.0 Å². The molecule has 3 rings (SSSR count). The summed E-state index contributed by atoms with van der Waals surface area (Å²) in [5.41, 5.74) is 2.73. The molecule has 0 unspecified atom stereocenters. The lowest BCUT2D eigenvalue weighted by Crippen LogP contribution is -2.27. The van der Waals surface area contributed by atoms with Gasteiger partial charge in [-0.25, -0.2) is 13.4 Å². The Morgan fingerprint density at radius 2 is 1.93 bits per heavy atom. The molecule has 0 aliphatic rings. The van der Waals surface area contributed by atoms with E-state index in [9.17, 15) is 13.2 Å². The van der Waals surface area contributed by atoms with Crippen LogP contribution in [0.25, 0.3) is 10.4 Å². The van der Waals surface area contributed by atoms with E-state index >= 15 is 0 Å². The van der Waals surface area contributed by atoms with Crippen LogP contribution in [0, 0.1) is 13.8 Å². The number of thiophene rings is 1. The molecule has 28 heavy (non-hydrogen) atoms. The van der Waals surface area contributed by atoms with Gasteiger partial charge in [0.1, 0.15) is 4.21 Å². The van der Waals surface area contributed by atoms with Crippen LogP contribution < -0.4 is 9.86 Å². The molecule has 0 saturated carbocycles. The first-order chi connectivity index (χ1) is 12.7. The molecule has 0 aliphatic heterocycles. The van der Waals surface area contributed by atoms with Crippen LogP contribution in [0.2, 0.25) is 0 Å². The predicted molar refractivity (Wildman–Crippen MR) is 114 cm³/mol. The number of sulfonamides is 1. The summed E-state index contributed by atoms with van der Waals surface area (Å²) in [5, 5.41) is 0. The zero-order chi connectivity index (χ0) is 19.8. The molecule has 0 bridgehead atoms. The Morgan fingerprint density at radius 3 is 2.57 bits per heavy atom. The molecule has 0 radical (unpaired) electrons. The van der Waals surface area contributed by atoms with Gasteiger partial charge in [0.2, 0.25) is 0 Å². The Labute approximate surface area is 174 Å². The fraction of sp³-hybridized carbons (Fsp3) is 0.278. The van der Waals surface area contributed by atoms with Gasteiger partial charge < -0.3 is 4.98 Å². The van der Waals surface area contributed by atoms with Crippen molar-refractivity contribution in [2.75, 3.05) is 11.4 Å². The highest BCUT2D eigenvalue weighted by Crippen LogP contribution is 2.34. The number of pyridine rings is 1. The molecule has 0 atom stereocenters. The number of rotatable bonds is 5. The first kappa shape index (κ1) is 22.1. The monoisotopic (exact) mass is 440 g/mol. The Bertz CT molecular complexity index is 1160. The van der Waals surface area contributed by atoms with Gasteiger partial charge in [-0.2, -0.15) is 0 Å². The number of anilines is 1. The van der Waals surface area contributed by atoms with E-state index in [1.54, 1.807) is 32.2 Å². The molecule has 0 saturated heterocycles. The van der Waals surface area contributed by atoms with Crippen LogP contribution in [-0.4, -0.2) is 30.4 Å². The lowest BCUT2D eigenvalue weighted by Gasteiger charge is -2.17. The van der Waals surface area contributed by atoms with Crippen molar-refractivity contribution < 1.29 is 8.42 Å². The molecule has 10 heteroatoms. The highest BCUT2D eigenvalue weighted by Gasteiger charge is 2.25. The summed E-state index contributed by atoms with van der Waals surface area (Å²) in [5.74, 6) is 0.262. The number of aromatic nitrogens is 3. The van der Waals surface area contributed by atoms with Gasteiger partial charge in [-0.05, 0) is 38.5 Å². The second kappa shape index (κ2) is 8.42. The van der Waals surface area contributed by atoms with Crippen LogP contribution in [-0.2, 0) is 16.4 Å². The highest BCUT2D eigenvalue weighted by molar-refractivity contribution is 7.94. The van der Waals surface area contributed by atoms with Crippen molar-refractivity contribution in [2.24, 2.45) is 0 Å². The number of aromatic amines is 1. The third-order valence-corrected chi connectivity index (χ3v) is 7.57. The lowest BCUT2D eigenvalue weighted by atomic mass is 10.1. The number of hydrogen-bond donors (Lipinski definition) is 1. The van der Waals surface area contributed by atoms with Crippen LogP contribution in [0.5, 0.6) is 0 Å². The van der Waals surface area contributed by atoms with Crippen molar-refractivity contribution in [1.29, 1.82) is 0 Å². The van der Waals surface area contributed by atoms with Crippen molar-refractivity contribution in [2.45, 2.75) is 31.4 Å². The molecule has 0 amide bonds. The summed E-state index contributed by atoms with van der Waals surface area (Å²) in [6.45, 7) is 5.47. The number of hydrogen-bond acceptors (Lipinski definition) is 6. The number of halogens is 1. The van der Waals surface area contributed by atoms with Gasteiger partial charge in [-0.15, -0.1) is 23.7 Å². The molecule has 3 aromatic rings. The average molecular weight is 441 g/mol. The smallest absolute Gasteiger partial charge is 0.274 e. The third kappa shape index (κ3) is 4.11. The summed E-state index contributed by atoms with van der Waals surface area (Å²) >= 11 is 1.16. The Morgan fingerprint density at radius 1 is 1.21 bits per heavy atom. The third-order valence-electron chi connectivity index (χ3n) is 4.22. The normalized spacial score (nSPS) is 11.1. The summed E-state index contributed by atoms with van der Waals surface area (Å²) < 4.78 is 27.2. The van der Waals surface area contributed by atoms with Crippen molar-refractivity contribution >= 4 is 39.6 Å². The molecule has 0 fully saturated rings. The summed E-state index contributed by atoms with van der Waals surface area (Å²) in [4.78, 5) is 23.8. The largest absolute Gasteiger partial charge is 0.326 e. The molecule has 0 aromatic carbocycles. The fourth-order valence-electron chi connectivity index (χ4n) is 2.65. The topological polar surface area (TPSA) is 96.0 Å². The van der Waals surface area contributed by atoms with E-state index in [1.165, 1.54) is 13.2 Å². The van der Waals surface area contributed by atoms with Crippen molar-refractivity contribution in [3.05, 3.63) is 57.9 Å². The highest BCUT2D eigenvalue weighted by atomic mass is 35.5. The average Bonchev–Trinajstić information content (AvgIpc) is 3.12. The Kier molecular flexibility index (Phi) is 6.63. The standard InChI is InChI=1S/C18H20N4O3S2.ClH/c1-5-13-8-14(12(3)21-18(13)23)15-6-7-17(26-15)27(24,25)22(4)16-10-19-9-11(2)20-16;/h6-10H,5H2,1-4H3,(H,21,23);1H. The Hall–Kier alpha value is -2.23. The molecular formula is C18H21ClN4O3S2. The maximum absolute atomic E-state index is 13.0. The summed E-state index contributed by atoms with van der Waals surface area (Å²) in [6.07, 6.45) is 3.59. The minimum absolute atomic E-state index is 0. The van der Waals surface area contributed by atoms with Gasteiger partial charge >= 0.3 is 0 Å². The maximum Gasteiger partial charge on any atom is 0.274 e. The van der Waals surface area contributed by atoms with Crippen LogP contribution in [0.4, 0.5) is 5.82 Å². The zero-order valence-corrected chi connectivity index (χ0v) is 18.3. The van der Waals surface area contributed by atoms with Crippen LogP contribution in [0.15, 0.2) is 39.6 Å². The predicted octanol–water partition coefficient (Wildman–Crippen LogP) is 3.32. The van der Waals surface area contributed by atoms with Gasteiger partial charge in [0.05, 0.1) is 11.9 Å². The van der Waals surface area contributed by atoms with Gasteiger partial charge in [0.15, 0.2) is 5.82 Å². The zero-order valence-electron chi connectivity index (χ0n) is 15.9. The maximum atomic E-state index is 13.0. The Balaban J connectivity index is 0.00000280. The molecule has 1 N–H and O–H groups in total. The van der Waals surface area contributed by atoms with E-state index < -0.39 is 10.0 Å². The first-order valence-electron chi connectivity index (χ1n) is 8.34. The van der Waals surface area contributed by atoms with Crippen LogP contribution >= 0.6 is 23.7 Å². The summed E-state index contributed by atoms with van der Waals surface area (Å²) in [6, 6.07) is 5.16. The molecule has 3 aromatic heterocycles. The fourth-order valence-corrected chi connectivity index (χ4v) is 5.33. The molecule has 3 heterocycles. The lowest BCUT2D eigenvalue weighted by molar-refractivity contribution is 0.596. The molecule has 150 valence electrons. The van der Waals surface area contributed by atoms with E-state index in [4.69, 9.17) is 0 Å². The van der Waals surface area contributed by atoms with Gasteiger partial charge in [-0.3, -0.25) is 14.1 Å². The van der Waals surface area contributed by atoms with Crippen molar-refractivity contribution in [1.82, 2.24) is 15.0 Å².